The van der Waals surface area contributed by atoms with Crippen LogP contribution in [-0.2, 0) is 6.54 Å². The molecule has 4 nitrogen and oxygen atoms in total. The molecule has 2 aromatic rings. The van der Waals surface area contributed by atoms with Crippen LogP contribution in [0.5, 0.6) is 5.75 Å². The number of hydrogen-bond acceptors (Lipinski definition) is 3. The summed E-state index contributed by atoms with van der Waals surface area (Å²) in [6.07, 6.45) is 2.16. The standard InChI is InChI=1S/C16H17NO3/c1-2-14(18)13-7-3-4-8-15(13)20-12-11-17-10-6-5-9-16(17)19/h3-10H,2,11-12H2,1H3. The average molecular weight is 271 g/mol. The molecule has 20 heavy (non-hydrogen) atoms. The zero-order valence-electron chi connectivity index (χ0n) is 11.4. The number of nitrogens with zero attached hydrogens (tertiary/aromatic N) is 1. The third-order valence-electron chi connectivity index (χ3n) is 3.00. The number of carbonyl (C=O) groups is 1. The molecule has 0 atom stereocenters. The third-order valence-corrected chi connectivity index (χ3v) is 3.00. The zero-order chi connectivity index (χ0) is 14.4. The minimum absolute atomic E-state index is 0.0532. The van der Waals surface area contributed by atoms with E-state index in [0.717, 1.165) is 0 Å². The maximum atomic E-state index is 11.8. The summed E-state index contributed by atoms with van der Waals surface area (Å²) < 4.78 is 7.21. The first-order valence-electron chi connectivity index (χ1n) is 6.63. The van der Waals surface area contributed by atoms with Crippen molar-refractivity contribution in [2.45, 2.75) is 19.9 Å². The van der Waals surface area contributed by atoms with Crippen molar-refractivity contribution in [1.82, 2.24) is 4.57 Å². The smallest absolute Gasteiger partial charge is 0.250 e. The van der Waals surface area contributed by atoms with Crippen LogP contribution in [0.2, 0.25) is 0 Å². The molecule has 0 radical (unpaired) electrons. The number of para-hydroxylation sites is 1. The van der Waals surface area contributed by atoms with Gasteiger partial charge in [0, 0.05) is 18.7 Å². The Morgan fingerprint density at radius 1 is 1.15 bits per heavy atom. The van der Waals surface area contributed by atoms with E-state index in [9.17, 15) is 9.59 Å². The number of rotatable bonds is 6. The van der Waals surface area contributed by atoms with Gasteiger partial charge >= 0.3 is 0 Å². The van der Waals surface area contributed by atoms with Gasteiger partial charge in [-0.2, -0.15) is 0 Å². The zero-order valence-corrected chi connectivity index (χ0v) is 11.4. The van der Waals surface area contributed by atoms with Crippen molar-refractivity contribution in [1.29, 1.82) is 0 Å². The second-order valence-electron chi connectivity index (χ2n) is 4.35. The van der Waals surface area contributed by atoms with Crippen LogP contribution in [0.15, 0.2) is 53.5 Å². The van der Waals surface area contributed by atoms with Crippen LogP contribution in [0, 0.1) is 0 Å². The first-order chi connectivity index (χ1) is 9.72. The Morgan fingerprint density at radius 3 is 2.65 bits per heavy atom. The van der Waals surface area contributed by atoms with Crippen molar-refractivity contribution in [3.63, 3.8) is 0 Å². The van der Waals surface area contributed by atoms with Crippen LogP contribution in [0.1, 0.15) is 23.7 Å². The molecule has 0 fully saturated rings. The maximum absolute atomic E-state index is 11.8. The van der Waals surface area contributed by atoms with Crippen molar-refractivity contribution in [2.24, 2.45) is 0 Å². The SMILES string of the molecule is CCC(=O)c1ccccc1OCCn1ccccc1=O. The van der Waals surface area contributed by atoms with E-state index in [1.165, 1.54) is 6.07 Å². The van der Waals surface area contributed by atoms with Crippen molar-refractivity contribution >= 4 is 5.78 Å². The van der Waals surface area contributed by atoms with Gasteiger partial charge in [-0.3, -0.25) is 9.59 Å². The predicted molar refractivity (Wildman–Crippen MR) is 77.3 cm³/mol. The number of carbonyl (C=O) groups excluding carboxylic acids is 1. The van der Waals surface area contributed by atoms with Gasteiger partial charge in [0.2, 0.25) is 0 Å². The summed E-state index contributed by atoms with van der Waals surface area (Å²) in [7, 11) is 0. The molecular weight excluding hydrogens is 254 g/mol. The summed E-state index contributed by atoms with van der Waals surface area (Å²) in [5, 5.41) is 0. The summed E-state index contributed by atoms with van der Waals surface area (Å²) in [6.45, 7) is 2.62. The van der Waals surface area contributed by atoms with Gasteiger partial charge in [-0.1, -0.05) is 25.1 Å². The number of pyridine rings is 1. The second kappa shape index (κ2) is 6.70. The van der Waals surface area contributed by atoms with Crippen LogP contribution >= 0.6 is 0 Å². The van der Waals surface area contributed by atoms with E-state index >= 15 is 0 Å². The summed E-state index contributed by atoms with van der Waals surface area (Å²) in [5.41, 5.74) is 0.532. The molecule has 0 aliphatic carbocycles. The molecule has 2 rings (SSSR count). The Labute approximate surface area is 117 Å². The van der Waals surface area contributed by atoms with Crippen LogP contribution in [0.25, 0.3) is 0 Å². The molecule has 1 aromatic heterocycles. The predicted octanol–water partition coefficient (Wildman–Crippen LogP) is 2.52. The van der Waals surface area contributed by atoms with Crippen LogP contribution < -0.4 is 10.3 Å². The molecule has 0 unspecified atom stereocenters. The number of Topliss-reactive ketones (excluding diaryl/α,β-unsaturated/α-hetero) is 1. The quantitative estimate of drug-likeness (QED) is 0.758. The Kier molecular flexibility index (Phi) is 4.71. The lowest BCUT2D eigenvalue weighted by molar-refractivity contribution is 0.0984. The number of benzene rings is 1. The van der Waals surface area contributed by atoms with Gasteiger partial charge in [-0.15, -0.1) is 0 Å². The minimum Gasteiger partial charge on any atom is -0.491 e. The van der Waals surface area contributed by atoms with E-state index in [4.69, 9.17) is 4.74 Å². The van der Waals surface area contributed by atoms with Gasteiger partial charge in [-0.05, 0) is 18.2 Å². The second-order valence-corrected chi connectivity index (χ2v) is 4.35. The first kappa shape index (κ1) is 14.1. The van der Waals surface area contributed by atoms with Gasteiger partial charge in [0.05, 0.1) is 12.1 Å². The van der Waals surface area contributed by atoms with E-state index in [0.29, 0.717) is 30.9 Å². The van der Waals surface area contributed by atoms with Crippen LogP contribution in [0.4, 0.5) is 0 Å². The average Bonchev–Trinajstić information content (AvgIpc) is 2.49. The third kappa shape index (κ3) is 3.35. The van der Waals surface area contributed by atoms with E-state index in [1.807, 2.05) is 19.1 Å². The molecule has 0 aliphatic heterocycles. The number of aromatic nitrogens is 1. The Balaban J connectivity index is 2.03. The lowest BCUT2D eigenvalue weighted by atomic mass is 10.1. The Morgan fingerprint density at radius 2 is 1.90 bits per heavy atom. The fourth-order valence-electron chi connectivity index (χ4n) is 1.91. The van der Waals surface area contributed by atoms with E-state index in [1.54, 1.807) is 35.0 Å². The molecule has 0 saturated carbocycles. The number of ketones is 1. The Hall–Kier alpha value is -2.36. The molecule has 1 aromatic carbocycles. The highest BCUT2D eigenvalue weighted by Crippen LogP contribution is 2.19. The van der Waals surface area contributed by atoms with Crippen LogP contribution in [0.3, 0.4) is 0 Å². The molecule has 0 aliphatic rings. The monoisotopic (exact) mass is 271 g/mol. The number of ether oxygens (including phenoxy) is 1. The van der Waals surface area contributed by atoms with Crippen molar-refractivity contribution in [3.8, 4) is 5.75 Å². The molecule has 0 spiro atoms. The van der Waals surface area contributed by atoms with Crippen molar-refractivity contribution in [3.05, 3.63) is 64.6 Å². The van der Waals surface area contributed by atoms with E-state index < -0.39 is 0 Å². The van der Waals surface area contributed by atoms with Gasteiger partial charge in [0.25, 0.3) is 5.56 Å². The summed E-state index contributed by atoms with van der Waals surface area (Å²) in [5.74, 6) is 0.626. The van der Waals surface area contributed by atoms with Gasteiger partial charge in [0.1, 0.15) is 12.4 Å². The molecule has 1 heterocycles. The lowest BCUT2D eigenvalue weighted by Crippen LogP contribution is -2.21. The van der Waals surface area contributed by atoms with Gasteiger partial charge in [0.15, 0.2) is 5.78 Å². The van der Waals surface area contributed by atoms with Crippen molar-refractivity contribution < 1.29 is 9.53 Å². The highest BCUT2D eigenvalue weighted by molar-refractivity contribution is 5.98. The molecule has 0 saturated heterocycles. The Bertz CT molecular complexity index is 646. The topological polar surface area (TPSA) is 48.3 Å². The molecule has 4 heteroatoms. The summed E-state index contributed by atoms with van der Waals surface area (Å²) in [6, 6.07) is 12.2. The molecule has 104 valence electrons. The molecule has 0 N–H and O–H groups in total. The largest absolute Gasteiger partial charge is 0.491 e. The molecular formula is C16H17NO3. The van der Waals surface area contributed by atoms with E-state index in [-0.39, 0.29) is 11.3 Å². The first-order valence-corrected chi connectivity index (χ1v) is 6.63. The van der Waals surface area contributed by atoms with Crippen molar-refractivity contribution in [2.75, 3.05) is 6.61 Å². The molecule has 0 bridgehead atoms. The van der Waals surface area contributed by atoms with Gasteiger partial charge in [-0.25, -0.2) is 0 Å². The molecule has 0 amide bonds. The number of hydrogen-bond donors (Lipinski definition) is 0. The fourth-order valence-corrected chi connectivity index (χ4v) is 1.91. The lowest BCUT2D eigenvalue weighted by Gasteiger charge is -2.11. The van der Waals surface area contributed by atoms with Crippen LogP contribution in [-0.4, -0.2) is 17.0 Å². The van der Waals surface area contributed by atoms with Gasteiger partial charge < -0.3 is 9.30 Å². The summed E-state index contributed by atoms with van der Waals surface area (Å²) in [4.78, 5) is 23.3. The fraction of sp³-hybridized carbons (Fsp3) is 0.250. The van der Waals surface area contributed by atoms with E-state index in [2.05, 4.69) is 0 Å². The highest BCUT2D eigenvalue weighted by Gasteiger charge is 2.09. The maximum Gasteiger partial charge on any atom is 0.250 e. The summed E-state index contributed by atoms with van der Waals surface area (Å²) >= 11 is 0. The minimum atomic E-state index is -0.0611. The normalized spacial score (nSPS) is 10.2. The highest BCUT2D eigenvalue weighted by atomic mass is 16.5.